The molecular weight excluding hydrogens is 308 g/mol. The van der Waals surface area contributed by atoms with Gasteiger partial charge in [0.05, 0.1) is 5.71 Å². The van der Waals surface area contributed by atoms with E-state index in [0.29, 0.717) is 0 Å². The van der Waals surface area contributed by atoms with Gasteiger partial charge in [-0.1, -0.05) is 67.5 Å². The molecule has 0 bridgehead atoms. The zero-order chi connectivity index (χ0) is 17.4. The molecule has 3 nitrogen and oxygen atoms in total. The maximum absolute atomic E-state index is 9.62. The molecule has 2 aromatic carbocycles. The van der Waals surface area contributed by atoms with Crippen molar-refractivity contribution in [3.05, 3.63) is 72.3 Å². The number of oxime groups is 1. The van der Waals surface area contributed by atoms with Crippen LogP contribution in [0.4, 0.5) is 5.69 Å². The third kappa shape index (κ3) is 2.84. The predicted molar refractivity (Wildman–Crippen MR) is 103 cm³/mol. The molecule has 1 aliphatic carbocycles. The minimum Gasteiger partial charge on any atom is -0.411 e. The smallest absolute Gasteiger partial charge is 0.0666 e. The zero-order valence-corrected chi connectivity index (χ0v) is 14.8. The van der Waals surface area contributed by atoms with E-state index in [-0.39, 0.29) is 17.4 Å². The highest BCUT2D eigenvalue weighted by atomic mass is 16.4. The third-order valence-electron chi connectivity index (χ3n) is 5.38. The van der Waals surface area contributed by atoms with Gasteiger partial charge in [0, 0.05) is 23.3 Å². The molecule has 0 radical (unpaired) electrons. The van der Waals surface area contributed by atoms with Gasteiger partial charge in [-0.2, -0.15) is 0 Å². The number of rotatable bonds is 2. The summed E-state index contributed by atoms with van der Waals surface area (Å²) in [6.07, 6.45) is 4.20. The number of anilines is 1. The van der Waals surface area contributed by atoms with Gasteiger partial charge >= 0.3 is 0 Å². The Balaban J connectivity index is 1.84. The Labute approximate surface area is 149 Å². The Kier molecular flexibility index (Phi) is 3.87. The number of fused-ring (bicyclic) bond motifs is 1. The van der Waals surface area contributed by atoms with E-state index in [4.69, 9.17) is 0 Å². The number of nitrogens with zero attached hydrogens (tertiary/aromatic N) is 2. The molecule has 1 fully saturated rings. The molecular formula is C22H24N2O. The van der Waals surface area contributed by atoms with Crippen LogP contribution in [0.25, 0.3) is 5.70 Å². The second-order valence-corrected chi connectivity index (χ2v) is 7.85. The molecule has 3 heteroatoms. The van der Waals surface area contributed by atoms with Crippen molar-refractivity contribution >= 4 is 17.1 Å². The van der Waals surface area contributed by atoms with Gasteiger partial charge in [0.1, 0.15) is 0 Å². The fourth-order valence-electron chi connectivity index (χ4n) is 4.35. The molecule has 0 amide bonds. The average molecular weight is 332 g/mol. The van der Waals surface area contributed by atoms with Crippen LogP contribution in [0.15, 0.2) is 71.9 Å². The standard InChI is InChI=1S/C22H24N2O/c1-22(2)14-19(23-25)18-13-20(16-9-5-3-6-10-16)24(21(18)15-22)17-11-7-4-8-12-17/h3-13,18,21,25H,14-15H2,1-2H3/b23-19+. The number of hydrogen-bond acceptors (Lipinski definition) is 3. The fourth-order valence-corrected chi connectivity index (χ4v) is 4.35. The maximum Gasteiger partial charge on any atom is 0.0666 e. The molecule has 4 rings (SSSR count). The number of para-hydroxylation sites is 1. The van der Waals surface area contributed by atoms with Crippen LogP contribution < -0.4 is 4.90 Å². The Morgan fingerprint density at radius 2 is 1.64 bits per heavy atom. The quantitative estimate of drug-likeness (QED) is 0.607. The van der Waals surface area contributed by atoms with E-state index in [1.54, 1.807) is 0 Å². The van der Waals surface area contributed by atoms with E-state index in [1.807, 2.05) is 12.1 Å². The summed E-state index contributed by atoms with van der Waals surface area (Å²) < 4.78 is 0. The van der Waals surface area contributed by atoms with Gasteiger partial charge in [0.2, 0.25) is 0 Å². The maximum atomic E-state index is 9.62. The van der Waals surface area contributed by atoms with Crippen LogP contribution in [0.1, 0.15) is 32.3 Å². The van der Waals surface area contributed by atoms with Crippen molar-refractivity contribution in [3.8, 4) is 0 Å². The largest absolute Gasteiger partial charge is 0.411 e. The van der Waals surface area contributed by atoms with E-state index in [0.717, 1.165) is 18.6 Å². The first-order valence-electron chi connectivity index (χ1n) is 8.91. The first-order chi connectivity index (χ1) is 12.1. The Hall–Kier alpha value is -2.55. The van der Waals surface area contributed by atoms with Crippen molar-refractivity contribution in [1.29, 1.82) is 0 Å². The van der Waals surface area contributed by atoms with Crippen molar-refractivity contribution in [2.45, 2.75) is 32.7 Å². The van der Waals surface area contributed by atoms with Crippen molar-refractivity contribution < 1.29 is 5.21 Å². The van der Waals surface area contributed by atoms with Crippen LogP contribution >= 0.6 is 0 Å². The highest BCUT2D eigenvalue weighted by molar-refractivity contribution is 5.96. The Morgan fingerprint density at radius 1 is 1.00 bits per heavy atom. The van der Waals surface area contributed by atoms with Gasteiger partial charge in [0.25, 0.3) is 0 Å². The summed E-state index contributed by atoms with van der Waals surface area (Å²) in [6, 6.07) is 21.3. The molecule has 1 aliphatic heterocycles. The number of hydrogen-bond donors (Lipinski definition) is 1. The Bertz CT molecular complexity index is 808. The topological polar surface area (TPSA) is 35.8 Å². The second kappa shape index (κ2) is 6.07. The molecule has 1 N–H and O–H groups in total. The highest BCUT2D eigenvalue weighted by Crippen LogP contribution is 2.48. The molecule has 0 aromatic heterocycles. The van der Waals surface area contributed by atoms with E-state index in [1.165, 1.54) is 16.9 Å². The van der Waals surface area contributed by atoms with Crippen molar-refractivity contribution in [2.24, 2.45) is 16.5 Å². The predicted octanol–water partition coefficient (Wildman–Crippen LogP) is 5.18. The van der Waals surface area contributed by atoms with Gasteiger partial charge < -0.3 is 10.1 Å². The number of benzene rings is 2. The lowest BCUT2D eigenvalue weighted by atomic mass is 9.69. The van der Waals surface area contributed by atoms with E-state index in [9.17, 15) is 5.21 Å². The molecule has 25 heavy (non-hydrogen) atoms. The summed E-state index contributed by atoms with van der Waals surface area (Å²) >= 11 is 0. The molecule has 128 valence electrons. The van der Waals surface area contributed by atoms with Crippen LogP contribution in [0, 0.1) is 11.3 Å². The average Bonchev–Trinajstić information content (AvgIpc) is 3.00. The van der Waals surface area contributed by atoms with Gasteiger partial charge in [-0.05, 0) is 42.0 Å². The van der Waals surface area contributed by atoms with E-state index >= 15 is 0 Å². The van der Waals surface area contributed by atoms with Crippen LogP contribution in [0.5, 0.6) is 0 Å². The fraction of sp³-hybridized carbons (Fsp3) is 0.318. The molecule has 0 spiro atoms. The lowest BCUT2D eigenvalue weighted by Crippen LogP contribution is -2.45. The summed E-state index contributed by atoms with van der Waals surface area (Å²) in [5.74, 6) is 0.161. The molecule has 1 saturated carbocycles. The summed E-state index contributed by atoms with van der Waals surface area (Å²) in [4.78, 5) is 2.44. The molecule has 2 atom stereocenters. The summed E-state index contributed by atoms with van der Waals surface area (Å²) in [5, 5.41) is 13.3. The minimum atomic E-state index is 0.121. The van der Waals surface area contributed by atoms with E-state index < -0.39 is 0 Å². The lowest BCUT2D eigenvalue weighted by Gasteiger charge is -2.42. The monoisotopic (exact) mass is 332 g/mol. The van der Waals surface area contributed by atoms with Gasteiger partial charge in [-0.3, -0.25) is 0 Å². The van der Waals surface area contributed by atoms with Crippen LogP contribution in [-0.2, 0) is 0 Å². The van der Waals surface area contributed by atoms with Gasteiger partial charge in [0.15, 0.2) is 0 Å². The zero-order valence-electron chi connectivity index (χ0n) is 14.8. The van der Waals surface area contributed by atoms with Crippen molar-refractivity contribution in [1.82, 2.24) is 0 Å². The van der Waals surface area contributed by atoms with Crippen molar-refractivity contribution in [2.75, 3.05) is 4.90 Å². The van der Waals surface area contributed by atoms with Gasteiger partial charge in [-0.25, -0.2) is 0 Å². The van der Waals surface area contributed by atoms with E-state index in [2.05, 4.69) is 78.5 Å². The molecule has 2 aromatic rings. The normalized spacial score (nSPS) is 26.4. The summed E-state index contributed by atoms with van der Waals surface area (Å²) in [7, 11) is 0. The van der Waals surface area contributed by atoms with Crippen LogP contribution in [0.2, 0.25) is 0 Å². The Morgan fingerprint density at radius 3 is 2.28 bits per heavy atom. The molecule has 2 aliphatic rings. The highest BCUT2D eigenvalue weighted by Gasteiger charge is 2.46. The minimum absolute atomic E-state index is 0.121. The third-order valence-corrected chi connectivity index (χ3v) is 5.38. The first kappa shape index (κ1) is 15.9. The SMILES string of the molecule is CC1(C)C/C(=N\O)C2C=C(c3ccccc3)N(c3ccccc3)C2C1. The van der Waals surface area contributed by atoms with Crippen molar-refractivity contribution in [3.63, 3.8) is 0 Å². The summed E-state index contributed by atoms with van der Waals surface area (Å²) in [5.41, 5.74) is 4.63. The summed E-state index contributed by atoms with van der Waals surface area (Å²) in [6.45, 7) is 4.52. The molecule has 2 unspecified atom stereocenters. The molecule has 0 saturated heterocycles. The second-order valence-electron chi connectivity index (χ2n) is 7.85. The van der Waals surface area contributed by atoms with Crippen LogP contribution in [0.3, 0.4) is 0 Å². The van der Waals surface area contributed by atoms with Crippen LogP contribution in [-0.4, -0.2) is 17.0 Å². The lowest BCUT2D eigenvalue weighted by molar-refractivity contribution is 0.258. The molecule has 1 heterocycles. The first-order valence-corrected chi connectivity index (χ1v) is 8.91. The van der Waals surface area contributed by atoms with Gasteiger partial charge in [-0.15, -0.1) is 0 Å².